The molecular weight excluding hydrogens is 106 g/mol. The molecule has 0 aliphatic heterocycles. The molecule has 1 radical (unpaired) electrons. The second kappa shape index (κ2) is 4.59. The molecule has 3 nitrogen and oxygen atoms in total. The Morgan fingerprint density at radius 1 is 1.38 bits per heavy atom. The summed E-state index contributed by atoms with van der Waals surface area (Å²) >= 11 is 0. The Bertz CT molecular complexity index is 72.8. The fourth-order valence-electron chi connectivity index (χ4n) is 0.414. The van der Waals surface area contributed by atoms with Crippen LogP contribution in [0.4, 0.5) is 0 Å². The molecule has 0 unspecified atom stereocenters. The molecule has 0 saturated heterocycles. The van der Waals surface area contributed by atoms with Crippen molar-refractivity contribution in [2.24, 2.45) is 5.73 Å². The van der Waals surface area contributed by atoms with Gasteiger partial charge < -0.3 is 5.73 Å². The van der Waals surface area contributed by atoms with E-state index in [1.54, 1.807) is 0 Å². The standard InChI is InChI=1S/C5H10NO2/c6-4-2-1-3-5(7)8/h1-4,6H2. The summed E-state index contributed by atoms with van der Waals surface area (Å²) in [6, 6.07) is 0. The Labute approximate surface area is 48.5 Å². The molecule has 3 heteroatoms. The maximum absolute atomic E-state index is 9.72. The van der Waals surface area contributed by atoms with Gasteiger partial charge in [0.05, 0.1) is 6.42 Å². The Kier molecular flexibility index (Phi) is 4.26. The van der Waals surface area contributed by atoms with Gasteiger partial charge in [0.25, 0.3) is 0 Å². The van der Waals surface area contributed by atoms with E-state index in [4.69, 9.17) is 5.73 Å². The van der Waals surface area contributed by atoms with E-state index in [0.29, 0.717) is 13.0 Å². The molecule has 0 rings (SSSR count). The minimum atomic E-state index is -0.988. The summed E-state index contributed by atoms with van der Waals surface area (Å²) in [5.41, 5.74) is 5.10. The Balaban J connectivity index is 2.82. The zero-order chi connectivity index (χ0) is 6.41. The lowest BCUT2D eigenvalue weighted by molar-refractivity contribution is -0.143. The smallest absolute Gasteiger partial charge is 0.330 e. The van der Waals surface area contributed by atoms with Gasteiger partial charge in [-0.15, -0.1) is 0 Å². The van der Waals surface area contributed by atoms with Crippen LogP contribution in [0.1, 0.15) is 19.3 Å². The van der Waals surface area contributed by atoms with Gasteiger partial charge in [-0.2, -0.15) is 0 Å². The number of hydrogen-bond acceptors (Lipinski definition) is 2. The zero-order valence-corrected chi connectivity index (χ0v) is 4.72. The van der Waals surface area contributed by atoms with Gasteiger partial charge >= 0.3 is 5.97 Å². The summed E-state index contributed by atoms with van der Waals surface area (Å²) < 4.78 is 0. The Morgan fingerprint density at radius 3 is 2.38 bits per heavy atom. The van der Waals surface area contributed by atoms with E-state index >= 15 is 0 Å². The first-order chi connectivity index (χ1) is 3.77. The highest BCUT2D eigenvalue weighted by Gasteiger charge is 1.95. The van der Waals surface area contributed by atoms with Gasteiger partial charge in [0.2, 0.25) is 0 Å². The first-order valence-corrected chi connectivity index (χ1v) is 2.67. The third-order valence-electron chi connectivity index (χ3n) is 0.835. The maximum atomic E-state index is 9.72. The van der Waals surface area contributed by atoms with Crippen molar-refractivity contribution >= 4 is 5.97 Å². The molecule has 0 heterocycles. The van der Waals surface area contributed by atoms with E-state index < -0.39 is 5.97 Å². The fraction of sp³-hybridized carbons (Fsp3) is 0.800. The maximum Gasteiger partial charge on any atom is 0.355 e. The lowest BCUT2D eigenvalue weighted by atomic mass is 10.2. The summed E-state index contributed by atoms with van der Waals surface area (Å²) in [6.07, 6.45) is 1.55. The predicted octanol–water partition coefficient (Wildman–Crippen LogP) is 0.0725. The molecule has 0 aromatic carbocycles. The van der Waals surface area contributed by atoms with Crippen molar-refractivity contribution in [3.63, 3.8) is 0 Å². The number of unbranched alkanes of at least 4 members (excludes halogenated alkanes) is 1. The highest BCUT2D eigenvalue weighted by atomic mass is 16.4. The fourth-order valence-corrected chi connectivity index (χ4v) is 0.414. The summed E-state index contributed by atoms with van der Waals surface area (Å²) in [5.74, 6) is -0.988. The van der Waals surface area contributed by atoms with Gasteiger partial charge in [0.1, 0.15) is 0 Å². The van der Waals surface area contributed by atoms with Crippen LogP contribution in [0.3, 0.4) is 0 Å². The monoisotopic (exact) mass is 116 g/mol. The van der Waals surface area contributed by atoms with Crippen LogP contribution in [0.5, 0.6) is 0 Å². The second-order valence-corrected chi connectivity index (χ2v) is 1.62. The molecule has 0 aliphatic rings. The van der Waals surface area contributed by atoms with Gasteiger partial charge in [0.15, 0.2) is 0 Å². The van der Waals surface area contributed by atoms with Crippen LogP contribution >= 0.6 is 0 Å². The van der Waals surface area contributed by atoms with Crippen LogP contribution in [0.25, 0.3) is 0 Å². The lowest BCUT2D eigenvalue weighted by Gasteiger charge is -1.88. The van der Waals surface area contributed by atoms with Crippen molar-refractivity contribution < 1.29 is 9.90 Å². The van der Waals surface area contributed by atoms with Crippen molar-refractivity contribution in [2.75, 3.05) is 6.54 Å². The molecule has 0 atom stereocenters. The SMILES string of the molecule is NCCCCC([O])=O. The largest absolute Gasteiger partial charge is 0.355 e. The second-order valence-electron chi connectivity index (χ2n) is 1.62. The minimum absolute atomic E-state index is 0.136. The van der Waals surface area contributed by atoms with Gasteiger partial charge in [-0.3, -0.25) is 0 Å². The number of hydrogen-bond donors (Lipinski definition) is 1. The molecule has 2 N–H and O–H groups in total. The van der Waals surface area contributed by atoms with E-state index in [1.165, 1.54) is 0 Å². The molecule has 0 bridgehead atoms. The van der Waals surface area contributed by atoms with Crippen LogP contribution in [-0.4, -0.2) is 12.5 Å². The van der Waals surface area contributed by atoms with Crippen LogP contribution in [0.15, 0.2) is 0 Å². The minimum Gasteiger partial charge on any atom is -0.330 e. The average molecular weight is 116 g/mol. The predicted molar refractivity (Wildman–Crippen MR) is 28.6 cm³/mol. The van der Waals surface area contributed by atoms with Crippen molar-refractivity contribution in [1.29, 1.82) is 0 Å². The summed E-state index contributed by atoms with van der Waals surface area (Å²) in [6.45, 7) is 0.563. The summed E-state index contributed by atoms with van der Waals surface area (Å²) in [7, 11) is 0. The van der Waals surface area contributed by atoms with Gasteiger partial charge in [0, 0.05) is 0 Å². The van der Waals surface area contributed by atoms with Crippen molar-refractivity contribution in [2.45, 2.75) is 19.3 Å². The molecule has 0 fully saturated rings. The number of carbonyl (C=O) groups excluding carboxylic acids is 1. The molecule has 0 amide bonds. The third-order valence-corrected chi connectivity index (χ3v) is 0.835. The molecule has 0 aromatic heterocycles. The van der Waals surface area contributed by atoms with Crippen LogP contribution in [-0.2, 0) is 9.90 Å². The molecule has 0 saturated carbocycles. The number of carbonyl (C=O) groups is 1. The van der Waals surface area contributed by atoms with Gasteiger partial charge in [-0.25, -0.2) is 9.90 Å². The average Bonchev–Trinajstić information content (AvgIpc) is 1.66. The van der Waals surface area contributed by atoms with E-state index in [0.717, 1.165) is 6.42 Å². The Hall–Kier alpha value is -0.570. The van der Waals surface area contributed by atoms with Crippen LogP contribution in [0, 0.1) is 0 Å². The molecule has 47 valence electrons. The number of rotatable bonds is 4. The first-order valence-electron chi connectivity index (χ1n) is 2.67. The van der Waals surface area contributed by atoms with E-state index in [-0.39, 0.29) is 6.42 Å². The molecule has 0 spiro atoms. The van der Waals surface area contributed by atoms with Crippen molar-refractivity contribution in [3.8, 4) is 0 Å². The first kappa shape index (κ1) is 7.43. The van der Waals surface area contributed by atoms with E-state index in [2.05, 4.69) is 0 Å². The Morgan fingerprint density at radius 2 is 2.00 bits per heavy atom. The lowest BCUT2D eigenvalue weighted by Crippen LogP contribution is -2.00. The third kappa shape index (κ3) is 5.43. The molecule has 8 heavy (non-hydrogen) atoms. The normalized spacial score (nSPS) is 9.12. The number of nitrogens with two attached hydrogens (primary N) is 1. The zero-order valence-electron chi connectivity index (χ0n) is 4.72. The topological polar surface area (TPSA) is 63.0 Å². The summed E-state index contributed by atoms with van der Waals surface area (Å²) in [4.78, 5) is 9.72. The van der Waals surface area contributed by atoms with E-state index in [1.807, 2.05) is 0 Å². The molecular formula is C5H10NO2. The highest BCUT2D eigenvalue weighted by molar-refractivity contribution is 5.66. The van der Waals surface area contributed by atoms with E-state index in [9.17, 15) is 9.90 Å². The summed E-state index contributed by atoms with van der Waals surface area (Å²) in [5, 5.41) is 9.72. The van der Waals surface area contributed by atoms with Crippen molar-refractivity contribution in [3.05, 3.63) is 0 Å². The molecule has 0 aliphatic carbocycles. The van der Waals surface area contributed by atoms with Crippen LogP contribution in [0.2, 0.25) is 0 Å². The van der Waals surface area contributed by atoms with Crippen LogP contribution < -0.4 is 5.73 Å². The molecule has 0 aromatic rings. The highest BCUT2D eigenvalue weighted by Crippen LogP contribution is 1.91. The van der Waals surface area contributed by atoms with Gasteiger partial charge in [-0.1, -0.05) is 0 Å². The van der Waals surface area contributed by atoms with Crippen molar-refractivity contribution in [1.82, 2.24) is 0 Å². The quantitative estimate of drug-likeness (QED) is 0.528. The van der Waals surface area contributed by atoms with Gasteiger partial charge in [-0.05, 0) is 19.4 Å².